The molecule has 0 unspecified atom stereocenters. The zero-order chi connectivity index (χ0) is 12.4. The minimum absolute atomic E-state index is 0.181. The second kappa shape index (κ2) is 4.14. The maximum atomic E-state index is 5.30. The molecule has 3 heterocycles. The Morgan fingerprint density at radius 2 is 1.44 bits per heavy atom. The first-order valence-electron chi connectivity index (χ1n) is 4.79. The van der Waals surface area contributed by atoms with E-state index in [1.165, 1.54) is 34.7 Å². The van der Waals surface area contributed by atoms with E-state index in [0.717, 1.165) is 0 Å². The Bertz CT molecular complexity index is 575. The number of hydrogen-bond acceptors (Lipinski definition) is 9. The van der Waals surface area contributed by atoms with Crippen LogP contribution in [-0.2, 0) is 0 Å². The fourth-order valence-electron chi connectivity index (χ4n) is 1.25. The molecule has 11 heteroatoms. The Hall–Kier alpha value is -2.95. The molecule has 0 aliphatic carbocycles. The average Bonchev–Trinajstić information content (AvgIpc) is 3.10. The first-order chi connectivity index (χ1) is 8.86. The van der Waals surface area contributed by atoms with Crippen molar-refractivity contribution in [1.82, 2.24) is 44.5 Å². The molecule has 18 heavy (non-hydrogen) atoms. The van der Waals surface area contributed by atoms with Crippen LogP contribution in [0, 0.1) is 0 Å². The van der Waals surface area contributed by atoms with E-state index in [2.05, 4.69) is 40.5 Å². The fourth-order valence-corrected chi connectivity index (χ4v) is 1.25. The van der Waals surface area contributed by atoms with Gasteiger partial charge in [0.2, 0.25) is 5.95 Å². The van der Waals surface area contributed by atoms with Crippen molar-refractivity contribution in [2.75, 3.05) is 5.43 Å². The van der Waals surface area contributed by atoms with E-state index < -0.39 is 0 Å². The van der Waals surface area contributed by atoms with E-state index in [9.17, 15) is 0 Å². The quantitative estimate of drug-likeness (QED) is 0.409. The Morgan fingerprint density at radius 1 is 0.889 bits per heavy atom. The zero-order valence-corrected chi connectivity index (χ0v) is 8.91. The number of hydrogen-bond donors (Lipinski definition) is 2. The third-order valence-corrected chi connectivity index (χ3v) is 1.99. The second-order valence-corrected chi connectivity index (χ2v) is 3.08. The van der Waals surface area contributed by atoms with E-state index in [4.69, 9.17) is 5.84 Å². The van der Waals surface area contributed by atoms with Gasteiger partial charge in [-0.1, -0.05) is 0 Å². The highest BCUT2D eigenvalue weighted by molar-refractivity contribution is 5.30. The normalized spacial score (nSPS) is 10.5. The molecule has 0 spiro atoms. The minimum Gasteiger partial charge on any atom is -0.292 e. The molecule has 0 aliphatic rings. The van der Waals surface area contributed by atoms with Gasteiger partial charge in [-0.25, -0.2) is 15.8 Å². The van der Waals surface area contributed by atoms with Crippen LogP contribution in [0.1, 0.15) is 0 Å². The highest BCUT2D eigenvalue weighted by Gasteiger charge is 2.09. The Kier molecular flexibility index (Phi) is 2.35. The molecule has 0 bridgehead atoms. The van der Waals surface area contributed by atoms with Crippen molar-refractivity contribution in [3.8, 4) is 11.9 Å². The molecular formula is C7H7N11. The average molecular weight is 245 g/mol. The maximum Gasteiger partial charge on any atom is 0.258 e. The largest absolute Gasteiger partial charge is 0.292 e. The van der Waals surface area contributed by atoms with Crippen LogP contribution in [0.25, 0.3) is 11.9 Å². The predicted octanol–water partition coefficient (Wildman–Crippen LogP) is -1.68. The standard InChI is InChI=1S/C7H7N11/c8-16-5-13-6(17-3-9-1-11-17)15-7(14-5)18-4-10-2-12-18/h1-4H,8H2,(H,13,14,15,16). The zero-order valence-electron chi connectivity index (χ0n) is 8.91. The highest BCUT2D eigenvalue weighted by Crippen LogP contribution is 2.06. The SMILES string of the molecule is NNc1nc(-n2cncn2)nc(-n2cncn2)n1. The first-order valence-corrected chi connectivity index (χ1v) is 4.79. The molecule has 3 N–H and O–H groups in total. The lowest BCUT2D eigenvalue weighted by molar-refractivity contribution is 0.744. The van der Waals surface area contributed by atoms with Gasteiger partial charge in [0.05, 0.1) is 0 Å². The molecule has 0 fully saturated rings. The van der Waals surface area contributed by atoms with Gasteiger partial charge in [-0.2, -0.15) is 34.5 Å². The molecule has 0 aliphatic heterocycles. The summed E-state index contributed by atoms with van der Waals surface area (Å²) in [5.74, 6) is 6.01. The van der Waals surface area contributed by atoms with Gasteiger partial charge in [0.1, 0.15) is 25.3 Å². The third-order valence-electron chi connectivity index (χ3n) is 1.99. The Labute approximate surface area is 99.7 Å². The Balaban J connectivity index is 2.13. The summed E-state index contributed by atoms with van der Waals surface area (Å²) in [6.45, 7) is 0. The third kappa shape index (κ3) is 1.73. The number of hydrazine groups is 1. The summed E-state index contributed by atoms with van der Waals surface area (Å²) >= 11 is 0. The molecule has 3 aromatic rings. The van der Waals surface area contributed by atoms with E-state index in [-0.39, 0.29) is 17.8 Å². The summed E-state index contributed by atoms with van der Waals surface area (Å²) in [5, 5.41) is 7.85. The van der Waals surface area contributed by atoms with E-state index in [0.29, 0.717) is 0 Å². The molecule has 11 nitrogen and oxygen atoms in total. The van der Waals surface area contributed by atoms with Crippen molar-refractivity contribution in [3.63, 3.8) is 0 Å². The van der Waals surface area contributed by atoms with Crippen LogP contribution < -0.4 is 11.3 Å². The van der Waals surface area contributed by atoms with Gasteiger partial charge in [0.15, 0.2) is 0 Å². The van der Waals surface area contributed by atoms with Crippen LogP contribution in [0.3, 0.4) is 0 Å². The van der Waals surface area contributed by atoms with Crippen molar-refractivity contribution >= 4 is 5.95 Å². The topological polar surface area (TPSA) is 138 Å². The van der Waals surface area contributed by atoms with Crippen LogP contribution in [0.4, 0.5) is 5.95 Å². The lowest BCUT2D eigenvalue weighted by atomic mass is 10.8. The Morgan fingerprint density at radius 3 is 1.83 bits per heavy atom. The van der Waals surface area contributed by atoms with Crippen LogP contribution in [0.2, 0.25) is 0 Å². The molecule has 0 radical (unpaired) electrons. The molecular weight excluding hydrogens is 238 g/mol. The molecule has 0 saturated heterocycles. The smallest absolute Gasteiger partial charge is 0.258 e. The van der Waals surface area contributed by atoms with Crippen LogP contribution in [0.15, 0.2) is 25.3 Å². The molecule has 0 saturated carbocycles. The summed E-state index contributed by atoms with van der Waals surface area (Å²) in [7, 11) is 0. The number of anilines is 1. The molecule has 3 rings (SSSR count). The highest BCUT2D eigenvalue weighted by atomic mass is 15.5. The van der Waals surface area contributed by atoms with Gasteiger partial charge < -0.3 is 0 Å². The maximum absolute atomic E-state index is 5.30. The number of nitrogens with one attached hydrogen (secondary N) is 1. The van der Waals surface area contributed by atoms with Crippen molar-refractivity contribution in [3.05, 3.63) is 25.3 Å². The van der Waals surface area contributed by atoms with Gasteiger partial charge in [0.25, 0.3) is 11.9 Å². The van der Waals surface area contributed by atoms with Crippen molar-refractivity contribution < 1.29 is 0 Å². The molecule has 0 amide bonds. The number of nitrogens with zero attached hydrogens (tertiary/aromatic N) is 9. The van der Waals surface area contributed by atoms with Gasteiger partial charge in [0, 0.05) is 0 Å². The van der Waals surface area contributed by atoms with Crippen LogP contribution >= 0.6 is 0 Å². The number of rotatable bonds is 3. The second-order valence-electron chi connectivity index (χ2n) is 3.08. The van der Waals surface area contributed by atoms with E-state index in [1.54, 1.807) is 0 Å². The first kappa shape index (κ1) is 10.2. The van der Waals surface area contributed by atoms with Crippen LogP contribution in [-0.4, -0.2) is 44.5 Å². The summed E-state index contributed by atoms with van der Waals surface area (Å²) in [5.41, 5.74) is 2.35. The summed E-state index contributed by atoms with van der Waals surface area (Å²) in [4.78, 5) is 19.9. The molecule has 0 aromatic carbocycles. The summed E-state index contributed by atoms with van der Waals surface area (Å²) in [6.07, 6.45) is 5.66. The lowest BCUT2D eigenvalue weighted by Crippen LogP contribution is -2.16. The van der Waals surface area contributed by atoms with Crippen LogP contribution in [0.5, 0.6) is 0 Å². The molecule has 3 aromatic heterocycles. The van der Waals surface area contributed by atoms with Crippen molar-refractivity contribution in [1.29, 1.82) is 0 Å². The van der Waals surface area contributed by atoms with Gasteiger partial charge in [-0.3, -0.25) is 5.43 Å². The number of nitrogen functional groups attached to an aromatic ring is 1. The monoisotopic (exact) mass is 245 g/mol. The van der Waals surface area contributed by atoms with Crippen molar-refractivity contribution in [2.45, 2.75) is 0 Å². The lowest BCUT2D eigenvalue weighted by Gasteiger charge is -2.05. The van der Waals surface area contributed by atoms with Gasteiger partial charge in [-0.15, -0.1) is 0 Å². The number of aromatic nitrogens is 9. The summed E-state index contributed by atoms with van der Waals surface area (Å²) in [6, 6.07) is 0. The predicted molar refractivity (Wildman–Crippen MR) is 57.5 cm³/mol. The fraction of sp³-hybridized carbons (Fsp3) is 0. The van der Waals surface area contributed by atoms with Gasteiger partial charge in [-0.05, 0) is 0 Å². The summed E-state index contributed by atoms with van der Waals surface area (Å²) < 4.78 is 2.76. The molecule has 90 valence electrons. The minimum atomic E-state index is 0.181. The van der Waals surface area contributed by atoms with E-state index >= 15 is 0 Å². The van der Waals surface area contributed by atoms with E-state index in [1.807, 2.05) is 0 Å². The number of nitrogens with two attached hydrogens (primary N) is 1. The molecule has 0 atom stereocenters. The van der Waals surface area contributed by atoms with Crippen molar-refractivity contribution in [2.24, 2.45) is 5.84 Å². The van der Waals surface area contributed by atoms with Gasteiger partial charge >= 0.3 is 0 Å².